The first-order chi connectivity index (χ1) is 18.8. The Morgan fingerprint density at radius 2 is 1.69 bits per heavy atom. The van der Waals surface area contributed by atoms with Crippen LogP contribution in [-0.2, 0) is 14.2 Å². The van der Waals surface area contributed by atoms with Gasteiger partial charge >= 0.3 is 0 Å². The largest absolute Gasteiger partial charge is 0.367 e. The zero-order valence-corrected chi connectivity index (χ0v) is 22.0. The van der Waals surface area contributed by atoms with E-state index in [2.05, 4.69) is 44.5 Å². The third kappa shape index (κ3) is 4.83. The molecule has 0 unspecified atom stereocenters. The minimum absolute atomic E-state index is 0.0440. The van der Waals surface area contributed by atoms with Gasteiger partial charge in [-0.15, -0.1) is 0 Å². The summed E-state index contributed by atoms with van der Waals surface area (Å²) in [6.45, 7) is 4.12. The van der Waals surface area contributed by atoms with Crippen molar-refractivity contribution >= 4 is 34.4 Å². The summed E-state index contributed by atoms with van der Waals surface area (Å²) in [4.78, 5) is 13.5. The van der Waals surface area contributed by atoms with Crippen LogP contribution >= 0.6 is 11.6 Å². The van der Waals surface area contributed by atoms with Crippen molar-refractivity contribution in [2.75, 3.05) is 11.9 Å². The van der Waals surface area contributed by atoms with Crippen molar-refractivity contribution in [3.05, 3.63) is 83.4 Å². The Bertz CT molecular complexity index is 1440. The molecule has 0 aliphatic carbocycles. The second-order valence-electron chi connectivity index (χ2n) is 9.96. The predicted molar refractivity (Wildman–Crippen MR) is 144 cm³/mol. The number of nitrogens with one attached hydrogen (secondary N) is 3. The van der Waals surface area contributed by atoms with Gasteiger partial charge in [0.2, 0.25) is 5.28 Å². The number of fused-ring (bicyclic) bond motifs is 2. The number of ether oxygens (including phenoxy) is 3. The molecule has 0 amide bonds. The van der Waals surface area contributed by atoms with E-state index < -0.39 is 30.3 Å². The molecule has 39 heavy (non-hydrogen) atoms. The molecule has 2 saturated heterocycles. The number of nitrogens with zero attached hydrogens (tertiary/aromatic N) is 4. The van der Waals surface area contributed by atoms with Gasteiger partial charge in [0.25, 0.3) is 0 Å². The second-order valence-corrected chi connectivity index (χ2v) is 10.3. The van der Waals surface area contributed by atoms with Gasteiger partial charge in [-0.3, -0.25) is 20.7 Å². The summed E-state index contributed by atoms with van der Waals surface area (Å²) >= 11 is 6.39. The fraction of sp³-hybridized carbons (Fsp3) is 0.333. The maximum absolute atomic E-state index is 9.36. The zero-order chi connectivity index (χ0) is 27.1. The smallest absolute Gasteiger partial charge is 0.226 e. The van der Waals surface area contributed by atoms with E-state index in [0.29, 0.717) is 23.5 Å². The van der Waals surface area contributed by atoms with Crippen LogP contribution in [0.4, 0.5) is 5.82 Å². The average Bonchev–Trinajstić information content (AvgIpc) is 3.60. The second kappa shape index (κ2) is 10.2. The van der Waals surface area contributed by atoms with Crippen molar-refractivity contribution in [1.29, 1.82) is 5.41 Å². The Morgan fingerprint density at radius 1 is 1.05 bits per heavy atom. The number of halogens is 1. The number of hydrogen-bond acceptors (Lipinski definition) is 9. The molecular formula is C27H28ClN7O4. The summed E-state index contributed by atoms with van der Waals surface area (Å²) in [7, 11) is 0. The maximum Gasteiger partial charge on any atom is 0.226 e. The number of hydrogen-bond donors (Lipinski definition) is 4. The lowest BCUT2D eigenvalue weighted by molar-refractivity contribution is -0.189. The molecule has 2 aliphatic heterocycles. The number of imidazole rings is 1. The molecule has 0 spiro atoms. The summed E-state index contributed by atoms with van der Waals surface area (Å²) in [6.07, 6.45) is -1.23. The number of hydroxylamine groups is 1. The minimum atomic E-state index is -0.898. The lowest BCUT2D eigenvalue weighted by Gasteiger charge is -2.24. The van der Waals surface area contributed by atoms with E-state index in [1.54, 1.807) is 24.7 Å². The normalized spacial score (nSPS) is 23.7. The number of anilines is 1. The van der Waals surface area contributed by atoms with Gasteiger partial charge in [0, 0.05) is 12.5 Å². The SMILES string of the molecule is CC1(C)O[C@@H]2[C@H](O1)[C@@H](C(=N)NO)O[C@H]2n1cnc2c(NCC(c3ccccc3)c3ccccc3)nc(Cl)nc21. The van der Waals surface area contributed by atoms with Gasteiger partial charge in [0.05, 0.1) is 6.33 Å². The number of benzene rings is 2. The van der Waals surface area contributed by atoms with E-state index in [9.17, 15) is 5.21 Å². The van der Waals surface area contributed by atoms with Crippen LogP contribution in [0.25, 0.3) is 11.2 Å². The standard InChI is InChI=1S/C27H28ClN7O4/c1-27(2)38-19-20(22(29)34-36)37-25(21(19)39-27)35-14-31-18-23(32-26(28)33-24(18)35)30-13-17(15-9-5-3-6-10-15)16-11-7-4-8-12-16/h3-12,14,17,19-21,25,36H,13H2,1-2H3,(H2,29,34)(H,30,32,33)/t19-,20+,21-,25-/m1/s1. The van der Waals surface area contributed by atoms with Gasteiger partial charge in [-0.25, -0.2) is 4.98 Å². The van der Waals surface area contributed by atoms with E-state index in [4.69, 9.17) is 31.2 Å². The molecule has 6 rings (SSSR count). The number of aromatic nitrogens is 4. The third-order valence-electron chi connectivity index (χ3n) is 6.98. The van der Waals surface area contributed by atoms with Crippen LogP contribution < -0.4 is 10.8 Å². The molecule has 4 atom stereocenters. The van der Waals surface area contributed by atoms with Crippen LogP contribution in [0.3, 0.4) is 0 Å². The maximum atomic E-state index is 9.36. The molecule has 0 radical (unpaired) electrons. The Morgan fingerprint density at radius 3 is 2.33 bits per heavy atom. The van der Waals surface area contributed by atoms with Crippen molar-refractivity contribution in [3.63, 3.8) is 0 Å². The van der Waals surface area contributed by atoms with E-state index in [1.807, 2.05) is 41.9 Å². The molecule has 0 saturated carbocycles. The van der Waals surface area contributed by atoms with Gasteiger partial charge in [-0.05, 0) is 36.6 Å². The molecule has 4 N–H and O–H groups in total. The highest BCUT2D eigenvalue weighted by Crippen LogP contribution is 2.44. The quantitative estimate of drug-likeness (QED) is 0.116. The van der Waals surface area contributed by atoms with Crippen molar-refractivity contribution in [2.45, 2.75) is 50.1 Å². The van der Waals surface area contributed by atoms with Crippen molar-refractivity contribution in [1.82, 2.24) is 25.0 Å². The van der Waals surface area contributed by atoms with Gasteiger partial charge < -0.3 is 19.5 Å². The minimum Gasteiger partial charge on any atom is -0.367 e. The lowest BCUT2D eigenvalue weighted by atomic mass is 9.91. The highest BCUT2D eigenvalue weighted by Gasteiger charge is 2.57. The van der Waals surface area contributed by atoms with E-state index in [-0.39, 0.29) is 17.0 Å². The summed E-state index contributed by atoms with van der Waals surface area (Å²) in [5.41, 5.74) is 5.14. The fourth-order valence-electron chi connectivity index (χ4n) is 5.29. The van der Waals surface area contributed by atoms with E-state index in [1.165, 1.54) is 0 Å². The Balaban J connectivity index is 1.33. The first-order valence-corrected chi connectivity index (χ1v) is 13.0. The Kier molecular flexibility index (Phi) is 6.69. The summed E-state index contributed by atoms with van der Waals surface area (Å²) in [6, 6.07) is 20.5. The molecule has 202 valence electrons. The molecule has 12 heteroatoms. The molecular weight excluding hydrogens is 522 g/mol. The van der Waals surface area contributed by atoms with Crippen LogP contribution in [0.15, 0.2) is 67.0 Å². The topological polar surface area (TPSA) is 139 Å². The summed E-state index contributed by atoms with van der Waals surface area (Å²) < 4.78 is 20.0. The molecule has 4 aromatic rings. The van der Waals surface area contributed by atoms with E-state index >= 15 is 0 Å². The van der Waals surface area contributed by atoms with Gasteiger partial charge in [-0.1, -0.05) is 60.7 Å². The summed E-state index contributed by atoms with van der Waals surface area (Å²) in [5, 5.41) is 20.9. The molecule has 11 nitrogen and oxygen atoms in total. The van der Waals surface area contributed by atoms with Crippen LogP contribution in [0.5, 0.6) is 0 Å². The van der Waals surface area contributed by atoms with Crippen LogP contribution in [0.2, 0.25) is 5.28 Å². The molecule has 0 bridgehead atoms. The average molecular weight is 550 g/mol. The third-order valence-corrected chi connectivity index (χ3v) is 7.15. The van der Waals surface area contributed by atoms with Crippen molar-refractivity contribution < 1.29 is 19.4 Å². The molecule has 2 aliphatic rings. The molecule has 2 aromatic heterocycles. The number of rotatable bonds is 7. The monoisotopic (exact) mass is 549 g/mol. The van der Waals surface area contributed by atoms with Gasteiger partial charge in [0.1, 0.15) is 24.1 Å². The van der Waals surface area contributed by atoms with Crippen molar-refractivity contribution in [3.8, 4) is 0 Å². The molecule has 4 heterocycles. The predicted octanol–water partition coefficient (Wildman–Crippen LogP) is 4.10. The van der Waals surface area contributed by atoms with Crippen molar-refractivity contribution in [2.24, 2.45) is 0 Å². The fourth-order valence-corrected chi connectivity index (χ4v) is 5.46. The first-order valence-electron chi connectivity index (χ1n) is 12.6. The lowest BCUT2D eigenvalue weighted by Crippen LogP contribution is -2.41. The van der Waals surface area contributed by atoms with Gasteiger partial charge in [0.15, 0.2) is 29.0 Å². The number of amidine groups is 1. The van der Waals surface area contributed by atoms with E-state index in [0.717, 1.165) is 11.1 Å². The zero-order valence-electron chi connectivity index (χ0n) is 21.3. The summed E-state index contributed by atoms with van der Waals surface area (Å²) in [5.74, 6) is -0.590. The van der Waals surface area contributed by atoms with Gasteiger partial charge in [-0.2, -0.15) is 9.97 Å². The Labute approximate surface area is 229 Å². The van der Waals surface area contributed by atoms with Crippen LogP contribution in [0.1, 0.15) is 37.1 Å². The molecule has 2 fully saturated rings. The highest BCUT2D eigenvalue weighted by molar-refractivity contribution is 6.28. The van der Waals surface area contributed by atoms with Crippen LogP contribution in [-0.4, -0.2) is 61.2 Å². The first kappa shape index (κ1) is 25.7. The van der Waals surface area contributed by atoms with Crippen LogP contribution in [0, 0.1) is 5.41 Å². The molecule has 2 aromatic carbocycles. The Hall–Kier alpha value is -3.61. The highest BCUT2D eigenvalue weighted by atomic mass is 35.5.